The van der Waals surface area contributed by atoms with Crippen molar-refractivity contribution in [3.8, 4) is 0 Å². The highest BCUT2D eigenvalue weighted by Gasteiger charge is 2.34. The van der Waals surface area contributed by atoms with E-state index in [0.717, 1.165) is 0 Å². The predicted molar refractivity (Wildman–Crippen MR) is 124 cm³/mol. The third-order valence-electron chi connectivity index (χ3n) is 5.58. The minimum absolute atomic E-state index is 0.0483. The van der Waals surface area contributed by atoms with Crippen molar-refractivity contribution >= 4 is 23.7 Å². The summed E-state index contributed by atoms with van der Waals surface area (Å²) in [7, 11) is 0. The molecule has 1 aromatic carbocycles. The van der Waals surface area contributed by atoms with Gasteiger partial charge in [-0.1, -0.05) is 50.6 Å². The van der Waals surface area contributed by atoms with Gasteiger partial charge < -0.3 is 37.0 Å². The maximum Gasteiger partial charge on any atom is 0.326 e. The van der Waals surface area contributed by atoms with E-state index < -0.39 is 60.1 Å². The van der Waals surface area contributed by atoms with Gasteiger partial charge in [0.1, 0.15) is 24.2 Å². The minimum atomic E-state index is -1.45. The molecule has 1 rings (SSSR count). The molecule has 0 saturated carbocycles. The summed E-state index contributed by atoms with van der Waals surface area (Å²) in [4.78, 5) is 49.8. The number of benzene rings is 1. The van der Waals surface area contributed by atoms with Gasteiger partial charge in [0.05, 0.1) is 12.2 Å². The van der Waals surface area contributed by atoms with E-state index in [4.69, 9.17) is 5.73 Å². The van der Waals surface area contributed by atoms with Crippen molar-refractivity contribution in [2.24, 2.45) is 11.7 Å². The van der Waals surface area contributed by atoms with Crippen LogP contribution in [0.4, 0.5) is 0 Å². The summed E-state index contributed by atoms with van der Waals surface area (Å²) in [5.41, 5.74) is 6.29. The average molecular weight is 481 g/mol. The number of nitrogens with two attached hydrogens (primary N) is 1. The molecule has 0 saturated heterocycles. The monoisotopic (exact) mass is 480 g/mol. The molecular weight excluding hydrogens is 444 g/mol. The standard InChI is InChI=1S/C23H36N4O7/c1-5-12(2)18(21(31)25-16(23(33)34)11-15-9-7-6-8-10-15)26-22(32)19(14(4)29)27-20(30)17(24)13(3)28/h6-10,12-14,16-19,28-29H,5,11,24H2,1-4H3,(H,25,31)(H,26,32)(H,27,30)(H,33,34). The highest BCUT2D eigenvalue weighted by molar-refractivity contribution is 5.94. The largest absolute Gasteiger partial charge is 0.480 e. The van der Waals surface area contributed by atoms with Crippen LogP contribution < -0.4 is 21.7 Å². The third-order valence-corrected chi connectivity index (χ3v) is 5.58. The first-order valence-electron chi connectivity index (χ1n) is 11.2. The zero-order chi connectivity index (χ0) is 26.0. The number of carbonyl (C=O) groups excluding carboxylic acids is 3. The van der Waals surface area contributed by atoms with Crippen LogP contribution in [0.2, 0.25) is 0 Å². The lowest BCUT2D eigenvalue weighted by Crippen LogP contribution is -2.61. The second kappa shape index (κ2) is 13.6. The molecule has 1 aromatic rings. The van der Waals surface area contributed by atoms with Gasteiger partial charge in [0.25, 0.3) is 0 Å². The van der Waals surface area contributed by atoms with Crippen LogP contribution >= 0.6 is 0 Å². The fourth-order valence-corrected chi connectivity index (χ4v) is 3.13. The number of aliphatic carboxylic acids is 1. The normalized spacial score (nSPS) is 17.3. The summed E-state index contributed by atoms with van der Waals surface area (Å²) in [5, 5.41) is 36.4. The molecular formula is C23H36N4O7. The molecule has 8 N–H and O–H groups in total. The van der Waals surface area contributed by atoms with Gasteiger partial charge in [0, 0.05) is 6.42 Å². The van der Waals surface area contributed by atoms with Crippen LogP contribution in [0.3, 0.4) is 0 Å². The van der Waals surface area contributed by atoms with Crippen molar-refractivity contribution in [1.82, 2.24) is 16.0 Å². The van der Waals surface area contributed by atoms with Crippen molar-refractivity contribution in [1.29, 1.82) is 0 Å². The Morgan fingerprint density at radius 3 is 1.85 bits per heavy atom. The van der Waals surface area contributed by atoms with Crippen molar-refractivity contribution in [2.75, 3.05) is 0 Å². The second-order valence-electron chi connectivity index (χ2n) is 8.45. The van der Waals surface area contributed by atoms with Gasteiger partial charge in [0.15, 0.2) is 0 Å². The van der Waals surface area contributed by atoms with E-state index >= 15 is 0 Å². The summed E-state index contributed by atoms with van der Waals surface area (Å²) in [5.74, 6) is -4.03. The molecule has 0 spiro atoms. The number of rotatable bonds is 13. The number of aliphatic hydroxyl groups is 2. The molecule has 0 bridgehead atoms. The van der Waals surface area contributed by atoms with Gasteiger partial charge in [-0.2, -0.15) is 0 Å². The molecule has 7 atom stereocenters. The predicted octanol–water partition coefficient (Wildman–Crippen LogP) is -1.10. The van der Waals surface area contributed by atoms with Crippen LogP contribution in [0.1, 0.15) is 39.7 Å². The van der Waals surface area contributed by atoms with E-state index in [0.29, 0.717) is 12.0 Å². The number of aliphatic hydroxyl groups excluding tert-OH is 2. The first-order valence-corrected chi connectivity index (χ1v) is 11.2. The maximum absolute atomic E-state index is 13.0. The number of hydrogen-bond donors (Lipinski definition) is 7. The summed E-state index contributed by atoms with van der Waals surface area (Å²) in [6.45, 7) is 6.08. The zero-order valence-electron chi connectivity index (χ0n) is 19.9. The van der Waals surface area contributed by atoms with E-state index in [9.17, 15) is 34.5 Å². The molecule has 190 valence electrons. The lowest BCUT2D eigenvalue weighted by atomic mass is 9.96. The van der Waals surface area contributed by atoms with Crippen LogP contribution in [-0.2, 0) is 25.6 Å². The Hall–Kier alpha value is -3.02. The van der Waals surface area contributed by atoms with Crippen molar-refractivity contribution in [3.63, 3.8) is 0 Å². The number of carboxylic acid groups (broad SMARTS) is 1. The van der Waals surface area contributed by atoms with Crippen LogP contribution in [0.25, 0.3) is 0 Å². The Morgan fingerprint density at radius 2 is 1.38 bits per heavy atom. The first kappa shape index (κ1) is 29.0. The zero-order valence-corrected chi connectivity index (χ0v) is 19.9. The van der Waals surface area contributed by atoms with Crippen LogP contribution in [0.5, 0.6) is 0 Å². The van der Waals surface area contributed by atoms with Crippen LogP contribution in [0.15, 0.2) is 30.3 Å². The van der Waals surface area contributed by atoms with Crippen molar-refractivity contribution in [2.45, 2.75) is 76.9 Å². The molecule has 11 heteroatoms. The Balaban J connectivity index is 3.01. The molecule has 0 fully saturated rings. The molecule has 0 radical (unpaired) electrons. The van der Waals surface area contributed by atoms with Gasteiger partial charge in [-0.05, 0) is 25.3 Å². The number of amides is 3. The smallest absolute Gasteiger partial charge is 0.326 e. The van der Waals surface area contributed by atoms with E-state index in [1.807, 2.05) is 0 Å². The minimum Gasteiger partial charge on any atom is -0.480 e. The summed E-state index contributed by atoms with van der Waals surface area (Å²) >= 11 is 0. The molecule has 0 aliphatic rings. The summed E-state index contributed by atoms with van der Waals surface area (Å²) < 4.78 is 0. The third kappa shape index (κ3) is 8.73. The Bertz CT molecular complexity index is 832. The SMILES string of the molecule is CCC(C)C(NC(=O)C(NC(=O)C(N)C(C)O)C(C)O)C(=O)NC(Cc1ccccc1)C(=O)O. The molecule has 0 aliphatic carbocycles. The quantitative estimate of drug-likeness (QED) is 0.185. The van der Waals surface area contributed by atoms with E-state index in [1.165, 1.54) is 13.8 Å². The summed E-state index contributed by atoms with van der Waals surface area (Å²) in [6.07, 6.45) is -2.00. The van der Waals surface area contributed by atoms with E-state index in [2.05, 4.69) is 16.0 Å². The lowest BCUT2D eigenvalue weighted by molar-refractivity contribution is -0.142. The van der Waals surface area contributed by atoms with E-state index in [1.54, 1.807) is 44.2 Å². The molecule has 0 aromatic heterocycles. The Morgan fingerprint density at radius 1 is 0.853 bits per heavy atom. The molecule has 0 heterocycles. The van der Waals surface area contributed by atoms with Gasteiger partial charge in [-0.25, -0.2) is 4.79 Å². The van der Waals surface area contributed by atoms with Crippen LogP contribution in [0, 0.1) is 5.92 Å². The van der Waals surface area contributed by atoms with Crippen molar-refractivity contribution in [3.05, 3.63) is 35.9 Å². The second-order valence-corrected chi connectivity index (χ2v) is 8.45. The molecule has 3 amide bonds. The first-order chi connectivity index (χ1) is 15.9. The fraction of sp³-hybridized carbons (Fsp3) is 0.565. The average Bonchev–Trinajstić information content (AvgIpc) is 2.79. The molecule has 7 unspecified atom stereocenters. The fourth-order valence-electron chi connectivity index (χ4n) is 3.13. The van der Waals surface area contributed by atoms with Gasteiger partial charge >= 0.3 is 5.97 Å². The summed E-state index contributed by atoms with van der Waals surface area (Å²) in [6, 6.07) is 3.66. The highest BCUT2D eigenvalue weighted by atomic mass is 16.4. The van der Waals surface area contributed by atoms with Crippen LogP contribution in [-0.4, -0.2) is 75.4 Å². The van der Waals surface area contributed by atoms with E-state index in [-0.39, 0.29) is 12.3 Å². The Labute approximate surface area is 199 Å². The molecule has 34 heavy (non-hydrogen) atoms. The lowest BCUT2D eigenvalue weighted by Gasteiger charge is -2.29. The maximum atomic E-state index is 13.0. The van der Waals surface area contributed by atoms with Crippen molar-refractivity contribution < 1.29 is 34.5 Å². The number of carbonyl (C=O) groups is 4. The molecule has 0 aliphatic heterocycles. The number of nitrogens with one attached hydrogen (secondary N) is 3. The number of carboxylic acids is 1. The number of hydrogen-bond acceptors (Lipinski definition) is 7. The van der Waals surface area contributed by atoms with Gasteiger partial charge in [-0.15, -0.1) is 0 Å². The Kier molecular flexibility index (Phi) is 11.6. The van der Waals surface area contributed by atoms with Gasteiger partial charge in [0.2, 0.25) is 17.7 Å². The van der Waals surface area contributed by atoms with Gasteiger partial charge in [-0.3, -0.25) is 14.4 Å². The topological polar surface area (TPSA) is 191 Å². The highest BCUT2D eigenvalue weighted by Crippen LogP contribution is 2.11. The molecule has 11 nitrogen and oxygen atoms in total.